The number of hydrogen-bond donors (Lipinski definition) is 1. The van der Waals surface area contributed by atoms with Gasteiger partial charge >= 0.3 is 0 Å². The number of ether oxygens (including phenoxy) is 1. The number of benzene rings is 1. The Kier molecular flexibility index (Phi) is 5.72. The lowest BCUT2D eigenvalue weighted by Crippen LogP contribution is -2.29. The molecule has 1 fully saturated rings. The van der Waals surface area contributed by atoms with Crippen molar-refractivity contribution in [3.8, 4) is 5.75 Å². The van der Waals surface area contributed by atoms with Gasteiger partial charge in [0.25, 0.3) is 0 Å². The monoisotopic (exact) mass is 522 g/mol. The summed E-state index contributed by atoms with van der Waals surface area (Å²) in [6, 6.07) is 8.53. The van der Waals surface area contributed by atoms with Crippen molar-refractivity contribution in [3.05, 3.63) is 51.9 Å². The topological polar surface area (TPSA) is 63.8 Å². The molecule has 0 radical (unpaired) electrons. The summed E-state index contributed by atoms with van der Waals surface area (Å²) in [4.78, 5) is 12.1. The molecule has 0 saturated heterocycles. The van der Waals surface area contributed by atoms with Crippen LogP contribution >= 0.6 is 55.1 Å². The van der Waals surface area contributed by atoms with Crippen molar-refractivity contribution in [2.24, 2.45) is 10.5 Å². The Hall–Kier alpha value is -1.02. The minimum absolute atomic E-state index is 0.169. The van der Waals surface area contributed by atoms with E-state index in [1.165, 1.54) is 6.21 Å². The first kappa shape index (κ1) is 19.7. The average molecular weight is 525 g/mol. The maximum atomic E-state index is 12.1. The standard InChI is InChI=1S/C17H14Br2Cl2N2O3/c1-16(9-17(16,18)19)15(24)23-22-7-11-2-3-12(26-11)8-25-10-4-5-13(20)14(21)6-10/h2-7H,8-9H2,1H3,(H,23,24)/b22-7-/t16-/m1/s1. The molecule has 0 bridgehead atoms. The molecule has 1 aliphatic carbocycles. The summed E-state index contributed by atoms with van der Waals surface area (Å²) < 4.78 is 10.8. The maximum absolute atomic E-state index is 12.1. The highest BCUT2D eigenvalue weighted by Crippen LogP contribution is 2.66. The Morgan fingerprint density at radius 3 is 2.73 bits per heavy atom. The lowest BCUT2D eigenvalue weighted by molar-refractivity contribution is -0.125. The minimum atomic E-state index is -0.521. The van der Waals surface area contributed by atoms with E-state index in [0.717, 1.165) is 0 Å². The molecule has 1 aromatic carbocycles. The molecular weight excluding hydrogens is 511 g/mol. The van der Waals surface area contributed by atoms with Gasteiger partial charge < -0.3 is 9.15 Å². The summed E-state index contributed by atoms with van der Waals surface area (Å²) in [6.07, 6.45) is 2.13. The molecule has 0 aliphatic heterocycles. The number of halogens is 4. The molecule has 9 heteroatoms. The van der Waals surface area contributed by atoms with Crippen LogP contribution in [0.4, 0.5) is 0 Å². The second kappa shape index (κ2) is 7.54. The molecule has 1 aromatic heterocycles. The summed E-state index contributed by atoms with van der Waals surface area (Å²) in [5, 5.41) is 4.82. The van der Waals surface area contributed by atoms with Gasteiger partial charge in [-0.1, -0.05) is 55.1 Å². The van der Waals surface area contributed by atoms with Crippen LogP contribution in [-0.2, 0) is 11.4 Å². The molecule has 1 heterocycles. The highest BCUT2D eigenvalue weighted by Gasteiger charge is 2.66. The highest BCUT2D eigenvalue weighted by molar-refractivity contribution is 9.25. The molecule has 1 N–H and O–H groups in total. The molecule has 0 unspecified atom stereocenters. The van der Waals surface area contributed by atoms with Crippen molar-refractivity contribution < 1.29 is 13.9 Å². The summed E-state index contributed by atoms with van der Waals surface area (Å²) in [5.74, 6) is 1.53. The molecule has 0 spiro atoms. The number of amides is 1. The van der Waals surface area contributed by atoms with E-state index in [0.29, 0.717) is 33.7 Å². The second-order valence-corrected chi connectivity index (χ2v) is 10.7. The Morgan fingerprint density at radius 2 is 2.08 bits per heavy atom. The van der Waals surface area contributed by atoms with E-state index in [1.54, 1.807) is 30.3 Å². The van der Waals surface area contributed by atoms with Crippen LogP contribution in [0, 0.1) is 5.41 Å². The van der Waals surface area contributed by atoms with Gasteiger partial charge in [-0.25, -0.2) is 5.43 Å². The first-order chi connectivity index (χ1) is 12.2. The van der Waals surface area contributed by atoms with E-state index in [2.05, 4.69) is 42.4 Å². The zero-order valence-corrected chi connectivity index (χ0v) is 18.2. The SMILES string of the molecule is C[C@]1(C(=O)N/N=C\c2ccc(COc3ccc(Cl)c(Cl)c3)o2)CC1(Br)Br. The highest BCUT2D eigenvalue weighted by atomic mass is 79.9. The van der Waals surface area contributed by atoms with Crippen molar-refractivity contribution in [2.45, 2.75) is 23.2 Å². The second-order valence-electron chi connectivity index (χ2n) is 6.08. The molecule has 1 aliphatic rings. The van der Waals surface area contributed by atoms with Crippen LogP contribution in [0.3, 0.4) is 0 Å². The number of alkyl halides is 2. The third kappa shape index (κ3) is 4.27. The Bertz CT molecular complexity index is 869. The molecule has 3 rings (SSSR count). The maximum Gasteiger partial charge on any atom is 0.248 e. The van der Waals surface area contributed by atoms with Gasteiger partial charge in [-0.3, -0.25) is 4.79 Å². The molecule has 1 amide bonds. The third-order valence-corrected chi connectivity index (χ3v) is 7.12. The lowest BCUT2D eigenvalue weighted by atomic mass is 10.1. The smallest absolute Gasteiger partial charge is 0.248 e. The number of carbonyl (C=O) groups is 1. The third-order valence-electron chi connectivity index (χ3n) is 4.07. The quantitative estimate of drug-likeness (QED) is 0.308. The van der Waals surface area contributed by atoms with Gasteiger partial charge in [-0.15, -0.1) is 0 Å². The molecule has 1 saturated carbocycles. The molecule has 1 atom stereocenters. The molecule has 5 nitrogen and oxygen atoms in total. The van der Waals surface area contributed by atoms with E-state index in [1.807, 2.05) is 6.92 Å². The van der Waals surface area contributed by atoms with Crippen LogP contribution in [0.25, 0.3) is 0 Å². The van der Waals surface area contributed by atoms with Crippen molar-refractivity contribution in [3.63, 3.8) is 0 Å². The Balaban J connectivity index is 1.51. The van der Waals surface area contributed by atoms with Gasteiger partial charge in [0.2, 0.25) is 5.91 Å². The first-order valence-corrected chi connectivity index (χ1v) is 9.93. The Labute approximate surface area is 177 Å². The largest absolute Gasteiger partial charge is 0.486 e. The fourth-order valence-electron chi connectivity index (χ4n) is 2.19. The number of nitrogens with one attached hydrogen (secondary N) is 1. The Morgan fingerprint density at radius 1 is 1.35 bits per heavy atom. The van der Waals surface area contributed by atoms with E-state index in [9.17, 15) is 4.79 Å². The first-order valence-electron chi connectivity index (χ1n) is 7.59. The summed E-state index contributed by atoms with van der Waals surface area (Å²) in [7, 11) is 0. The van der Waals surface area contributed by atoms with Gasteiger partial charge in [-0.05, 0) is 37.6 Å². The average Bonchev–Trinajstić information content (AvgIpc) is 2.93. The summed E-state index contributed by atoms with van der Waals surface area (Å²) in [6.45, 7) is 2.08. The molecule has 26 heavy (non-hydrogen) atoms. The predicted octanol–water partition coefficient (Wildman–Crippen LogP) is 5.51. The minimum Gasteiger partial charge on any atom is -0.486 e. The number of hydrogen-bond acceptors (Lipinski definition) is 4. The molecular formula is C17H14Br2Cl2N2O3. The van der Waals surface area contributed by atoms with Gasteiger partial charge in [0.05, 0.1) is 24.9 Å². The summed E-state index contributed by atoms with van der Waals surface area (Å²) >= 11 is 18.7. The van der Waals surface area contributed by atoms with Crippen molar-refractivity contribution in [1.82, 2.24) is 5.43 Å². The molecule has 138 valence electrons. The van der Waals surface area contributed by atoms with Crippen LogP contribution in [0.5, 0.6) is 5.75 Å². The number of carbonyl (C=O) groups excluding carboxylic acids is 1. The fourth-order valence-corrected chi connectivity index (χ4v) is 3.96. The number of hydrazone groups is 1. The van der Waals surface area contributed by atoms with Gasteiger partial charge in [-0.2, -0.15) is 5.10 Å². The predicted molar refractivity (Wildman–Crippen MR) is 109 cm³/mol. The van der Waals surface area contributed by atoms with Crippen molar-refractivity contribution in [1.29, 1.82) is 0 Å². The van der Waals surface area contributed by atoms with E-state index >= 15 is 0 Å². The molecule has 2 aromatic rings. The van der Waals surface area contributed by atoms with Gasteiger partial charge in [0.15, 0.2) is 0 Å². The van der Waals surface area contributed by atoms with Crippen LogP contribution in [0.2, 0.25) is 10.0 Å². The number of furan rings is 1. The van der Waals surface area contributed by atoms with E-state index in [4.69, 9.17) is 32.4 Å². The normalized spacial score (nSPS) is 21.0. The van der Waals surface area contributed by atoms with Crippen molar-refractivity contribution in [2.75, 3.05) is 0 Å². The lowest BCUT2D eigenvalue weighted by Gasteiger charge is -2.09. The van der Waals surface area contributed by atoms with Crippen LogP contribution in [0.1, 0.15) is 24.9 Å². The van der Waals surface area contributed by atoms with Crippen molar-refractivity contribution >= 4 is 67.2 Å². The van der Waals surface area contributed by atoms with E-state index < -0.39 is 5.41 Å². The zero-order valence-electron chi connectivity index (χ0n) is 13.6. The number of rotatable bonds is 6. The van der Waals surface area contributed by atoms with Gasteiger partial charge in [0.1, 0.15) is 23.9 Å². The fraction of sp³-hybridized carbons (Fsp3) is 0.294. The summed E-state index contributed by atoms with van der Waals surface area (Å²) in [5.41, 5.74) is 2.00. The van der Waals surface area contributed by atoms with Crippen LogP contribution in [-0.4, -0.2) is 15.4 Å². The number of nitrogens with zero attached hydrogens (tertiary/aromatic N) is 1. The van der Waals surface area contributed by atoms with Gasteiger partial charge in [0, 0.05) is 6.07 Å². The zero-order chi connectivity index (χ0) is 18.9. The van der Waals surface area contributed by atoms with E-state index in [-0.39, 0.29) is 15.7 Å². The van der Waals surface area contributed by atoms with Crippen LogP contribution in [0.15, 0.2) is 39.9 Å². The van der Waals surface area contributed by atoms with Crippen LogP contribution < -0.4 is 10.2 Å².